The van der Waals surface area contributed by atoms with E-state index in [1.54, 1.807) is 42.3 Å². The Morgan fingerprint density at radius 1 is 1.03 bits per heavy atom. The Morgan fingerprint density at radius 3 is 2.52 bits per heavy atom. The second kappa shape index (κ2) is 9.13. The third-order valence-corrected chi connectivity index (χ3v) is 6.10. The first-order valence-electron chi connectivity index (χ1n) is 10.1. The topological polar surface area (TPSA) is 52.9 Å². The molecule has 3 aromatic carbocycles. The van der Waals surface area contributed by atoms with Crippen LogP contribution < -0.4 is 4.90 Å². The van der Waals surface area contributed by atoms with E-state index in [1.165, 1.54) is 0 Å². The van der Waals surface area contributed by atoms with Crippen molar-refractivity contribution in [2.24, 2.45) is 4.99 Å². The number of anilines is 1. The summed E-state index contributed by atoms with van der Waals surface area (Å²) >= 11 is 12.6. The lowest BCUT2D eigenvalue weighted by atomic mass is 10.00. The van der Waals surface area contributed by atoms with Gasteiger partial charge in [-0.05, 0) is 73.4 Å². The smallest absolute Gasteiger partial charge is 0.251 e. The average Bonchev–Trinajstić information content (AvgIpc) is 2.86. The van der Waals surface area contributed by atoms with Crippen LogP contribution in [-0.2, 0) is 11.2 Å². The van der Waals surface area contributed by atoms with E-state index >= 15 is 0 Å². The number of fused-ring (bicyclic) bond motifs is 1. The van der Waals surface area contributed by atoms with Gasteiger partial charge in [-0.15, -0.1) is 0 Å². The number of nitrogens with zero attached hydrogens (tertiary/aromatic N) is 2. The zero-order valence-electron chi connectivity index (χ0n) is 17.1. The number of benzodiazepines with no additional fused rings is 1. The van der Waals surface area contributed by atoms with Crippen molar-refractivity contribution in [3.8, 4) is 5.75 Å². The molecule has 31 heavy (non-hydrogen) atoms. The molecule has 4 rings (SSSR count). The van der Waals surface area contributed by atoms with Gasteiger partial charge in [0.15, 0.2) is 0 Å². The molecule has 1 heterocycles. The van der Waals surface area contributed by atoms with E-state index in [9.17, 15) is 9.90 Å². The Morgan fingerprint density at radius 2 is 1.77 bits per heavy atom. The highest BCUT2D eigenvalue weighted by Crippen LogP contribution is 2.31. The molecule has 1 unspecified atom stereocenters. The molecule has 3 aromatic rings. The van der Waals surface area contributed by atoms with Crippen LogP contribution in [0.5, 0.6) is 5.75 Å². The van der Waals surface area contributed by atoms with E-state index in [0.717, 1.165) is 40.2 Å². The number of hydrogen-bond acceptors (Lipinski definition) is 3. The fraction of sp³-hybridized carbons (Fsp3) is 0.200. The van der Waals surface area contributed by atoms with Crippen LogP contribution in [0.4, 0.5) is 5.69 Å². The zero-order chi connectivity index (χ0) is 22.0. The number of carbonyl (C=O) groups excluding carboxylic acids is 1. The van der Waals surface area contributed by atoms with Gasteiger partial charge in [0.25, 0.3) is 5.91 Å². The summed E-state index contributed by atoms with van der Waals surface area (Å²) in [6, 6.07) is 19.5. The lowest BCUT2D eigenvalue weighted by Crippen LogP contribution is -2.34. The number of rotatable bonds is 5. The number of aliphatic imine (C=N–C) groups is 1. The molecule has 1 N–H and O–H groups in total. The van der Waals surface area contributed by atoms with Crippen molar-refractivity contribution in [1.82, 2.24) is 0 Å². The maximum absolute atomic E-state index is 13.3. The molecule has 0 aromatic heterocycles. The van der Waals surface area contributed by atoms with E-state index in [4.69, 9.17) is 28.2 Å². The molecule has 0 aliphatic carbocycles. The second-order valence-electron chi connectivity index (χ2n) is 7.58. The van der Waals surface area contributed by atoms with Crippen LogP contribution >= 0.6 is 23.2 Å². The van der Waals surface area contributed by atoms with Crippen molar-refractivity contribution in [3.05, 3.63) is 93.5 Å². The average molecular weight is 453 g/mol. The highest BCUT2D eigenvalue weighted by Gasteiger charge is 2.29. The molecule has 1 aliphatic heterocycles. The van der Waals surface area contributed by atoms with Crippen molar-refractivity contribution in [1.29, 1.82) is 0 Å². The van der Waals surface area contributed by atoms with Gasteiger partial charge < -0.3 is 10.0 Å². The summed E-state index contributed by atoms with van der Waals surface area (Å²) in [6.07, 6.45) is 2.14. The van der Waals surface area contributed by atoms with Gasteiger partial charge in [0.2, 0.25) is 0 Å². The molecule has 0 radical (unpaired) electrons. The maximum Gasteiger partial charge on any atom is 0.251 e. The highest BCUT2D eigenvalue weighted by molar-refractivity contribution is 6.32. The third kappa shape index (κ3) is 4.60. The van der Waals surface area contributed by atoms with Gasteiger partial charge in [0.05, 0.1) is 11.4 Å². The second-order valence-corrected chi connectivity index (χ2v) is 8.43. The lowest BCUT2D eigenvalue weighted by Gasteiger charge is -2.20. The van der Waals surface area contributed by atoms with Crippen molar-refractivity contribution in [2.75, 3.05) is 11.9 Å². The largest absolute Gasteiger partial charge is 0.508 e. The van der Waals surface area contributed by atoms with Gasteiger partial charge in [0.1, 0.15) is 11.8 Å². The summed E-state index contributed by atoms with van der Waals surface area (Å²) in [6.45, 7) is 0. The number of aromatic hydroxyl groups is 1. The predicted molar refractivity (Wildman–Crippen MR) is 127 cm³/mol. The van der Waals surface area contributed by atoms with E-state index in [-0.39, 0.29) is 11.7 Å². The molecule has 0 fully saturated rings. The van der Waals surface area contributed by atoms with Crippen molar-refractivity contribution < 1.29 is 9.90 Å². The molecular weight excluding hydrogens is 431 g/mol. The van der Waals surface area contributed by atoms with Gasteiger partial charge in [-0.1, -0.05) is 41.4 Å². The summed E-state index contributed by atoms with van der Waals surface area (Å²) < 4.78 is 0. The van der Waals surface area contributed by atoms with Gasteiger partial charge >= 0.3 is 0 Å². The molecule has 0 bridgehead atoms. The number of halogens is 2. The van der Waals surface area contributed by atoms with Gasteiger partial charge in [0, 0.05) is 28.2 Å². The summed E-state index contributed by atoms with van der Waals surface area (Å²) in [5, 5.41) is 11.0. The number of phenols is 1. The minimum absolute atomic E-state index is 0.0588. The standard InChI is InChI=1S/C25H22Cl2N2O2/c1-29-23-14-11-18(26)15-20(23)24(17-9-12-19(30)13-10-17)28-22(25(29)31)8-4-6-16-5-2-3-7-21(16)27/h2-3,5,7,9-15,22,30H,4,6,8H2,1H3. The van der Waals surface area contributed by atoms with Gasteiger partial charge in [-0.25, -0.2) is 0 Å². The number of phenolic OH excluding ortho intramolecular Hbond substituents is 1. The van der Waals surface area contributed by atoms with Crippen molar-refractivity contribution in [2.45, 2.75) is 25.3 Å². The van der Waals surface area contributed by atoms with E-state index in [1.807, 2.05) is 36.4 Å². The summed E-state index contributed by atoms with van der Waals surface area (Å²) in [7, 11) is 1.77. The molecule has 4 nitrogen and oxygen atoms in total. The Hall–Kier alpha value is -2.82. The van der Waals surface area contributed by atoms with Crippen LogP contribution in [0.25, 0.3) is 0 Å². The van der Waals surface area contributed by atoms with Crippen LogP contribution in [0.1, 0.15) is 29.5 Å². The minimum atomic E-state index is -0.525. The van der Waals surface area contributed by atoms with E-state index in [0.29, 0.717) is 17.2 Å². The molecule has 0 spiro atoms. The zero-order valence-corrected chi connectivity index (χ0v) is 18.6. The molecule has 158 valence electrons. The number of aryl methyl sites for hydroxylation is 1. The summed E-state index contributed by atoms with van der Waals surface area (Å²) in [4.78, 5) is 19.8. The van der Waals surface area contributed by atoms with E-state index < -0.39 is 6.04 Å². The first-order chi connectivity index (χ1) is 14.9. The fourth-order valence-corrected chi connectivity index (χ4v) is 4.24. The fourth-order valence-electron chi connectivity index (χ4n) is 3.84. The maximum atomic E-state index is 13.3. The van der Waals surface area contributed by atoms with Crippen molar-refractivity contribution >= 4 is 40.5 Å². The minimum Gasteiger partial charge on any atom is -0.508 e. The van der Waals surface area contributed by atoms with Crippen LogP contribution in [0.15, 0.2) is 71.7 Å². The molecule has 1 amide bonds. The summed E-state index contributed by atoms with van der Waals surface area (Å²) in [5.74, 6) is 0.116. The molecular formula is C25H22Cl2N2O2. The number of carbonyl (C=O) groups is 1. The molecule has 1 aliphatic rings. The molecule has 0 saturated carbocycles. The highest BCUT2D eigenvalue weighted by atomic mass is 35.5. The van der Waals surface area contributed by atoms with Crippen LogP contribution in [0, 0.1) is 0 Å². The third-order valence-electron chi connectivity index (χ3n) is 5.50. The monoisotopic (exact) mass is 452 g/mol. The van der Waals surface area contributed by atoms with Crippen LogP contribution in [0.3, 0.4) is 0 Å². The SMILES string of the molecule is CN1C(=O)C(CCCc2ccccc2Cl)N=C(c2ccc(O)cc2)c2cc(Cl)ccc21. The summed E-state index contributed by atoms with van der Waals surface area (Å²) in [5.41, 5.74) is 4.13. The quantitative estimate of drug-likeness (QED) is 0.523. The van der Waals surface area contributed by atoms with Gasteiger partial charge in [-0.3, -0.25) is 9.79 Å². The number of amides is 1. The first kappa shape index (κ1) is 21.4. The lowest BCUT2D eigenvalue weighted by molar-refractivity contribution is -0.119. The van der Waals surface area contributed by atoms with Crippen molar-refractivity contribution in [3.63, 3.8) is 0 Å². The predicted octanol–water partition coefficient (Wildman–Crippen LogP) is 5.90. The molecule has 0 saturated heterocycles. The molecule has 1 atom stereocenters. The Labute approximate surface area is 191 Å². The normalized spacial score (nSPS) is 16.0. The number of hydrogen-bond donors (Lipinski definition) is 1. The Balaban J connectivity index is 1.69. The van der Waals surface area contributed by atoms with E-state index in [2.05, 4.69) is 0 Å². The van der Waals surface area contributed by atoms with Crippen LogP contribution in [-0.4, -0.2) is 29.8 Å². The Bertz CT molecular complexity index is 1140. The number of likely N-dealkylation sites (N-methyl/N-ethyl adjacent to an activating group) is 1. The first-order valence-corrected chi connectivity index (χ1v) is 10.9. The van der Waals surface area contributed by atoms with Gasteiger partial charge in [-0.2, -0.15) is 0 Å². The molecule has 6 heteroatoms. The number of benzene rings is 3. The Kier molecular flexibility index (Phi) is 6.30. The van der Waals surface area contributed by atoms with Crippen LogP contribution in [0.2, 0.25) is 10.0 Å².